The SMILES string of the molecule is CCC(CC)C(=O)N1CCN(c2cc(C)ccc2OC)CC1. The molecule has 4 nitrogen and oxygen atoms in total. The van der Waals surface area contributed by atoms with Gasteiger partial charge in [0.15, 0.2) is 0 Å². The maximum absolute atomic E-state index is 12.5. The number of anilines is 1. The second-order valence-electron chi connectivity index (χ2n) is 6.00. The summed E-state index contributed by atoms with van der Waals surface area (Å²) in [7, 11) is 1.71. The lowest BCUT2D eigenvalue weighted by Gasteiger charge is -2.38. The fraction of sp³-hybridized carbons (Fsp3) is 0.611. The van der Waals surface area contributed by atoms with Crippen molar-refractivity contribution >= 4 is 11.6 Å². The number of hydrogen-bond donors (Lipinski definition) is 0. The molecule has 1 aromatic rings. The topological polar surface area (TPSA) is 32.8 Å². The molecule has 0 spiro atoms. The molecule has 1 aliphatic heterocycles. The number of piperazine rings is 1. The third-order valence-electron chi connectivity index (χ3n) is 4.60. The van der Waals surface area contributed by atoms with Crippen LogP contribution in [0.3, 0.4) is 0 Å². The van der Waals surface area contributed by atoms with Crippen molar-refractivity contribution < 1.29 is 9.53 Å². The van der Waals surface area contributed by atoms with E-state index in [0.717, 1.165) is 50.5 Å². The number of ether oxygens (including phenoxy) is 1. The molecule has 0 bridgehead atoms. The highest BCUT2D eigenvalue weighted by Gasteiger charge is 2.26. The zero-order valence-electron chi connectivity index (χ0n) is 14.3. The lowest BCUT2D eigenvalue weighted by atomic mass is 10.0. The Morgan fingerprint density at radius 3 is 2.36 bits per heavy atom. The number of amides is 1. The van der Waals surface area contributed by atoms with Gasteiger partial charge in [-0.25, -0.2) is 0 Å². The molecule has 1 heterocycles. The van der Waals surface area contributed by atoms with Crippen molar-refractivity contribution in [2.45, 2.75) is 33.6 Å². The van der Waals surface area contributed by atoms with E-state index < -0.39 is 0 Å². The molecular formula is C18H28N2O2. The molecule has 0 atom stereocenters. The molecule has 0 radical (unpaired) electrons. The third kappa shape index (κ3) is 3.54. The summed E-state index contributed by atoms with van der Waals surface area (Å²) in [6, 6.07) is 6.25. The van der Waals surface area contributed by atoms with E-state index in [1.165, 1.54) is 5.56 Å². The zero-order valence-corrected chi connectivity index (χ0v) is 14.3. The maximum Gasteiger partial charge on any atom is 0.225 e. The van der Waals surface area contributed by atoms with E-state index in [4.69, 9.17) is 4.74 Å². The van der Waals surface area contributed by atoms with Gasteiger partial charge >= 0.3 is 0 Å². The first-order valence-corrected chi connectivity index (χ1v) is 8.29. The molecule has 1 fully saturated rings. The number of carbonyl (C=O) groups excluding carboxylic acids is 1. The molecule has 0 unspecified atom stereocenters. The fourth-order valence-corrected chi connectivity index (χ4v) is 3.11. The van der Waals surface area contributed by atoms with Crippen molar-refractivity contribution in [3.63, 3.8) is 0 Å². The van der Waals surface area contributed by atoms with Crippen LogP contribution in [0.1, 0.15) is 32.3 Å². The zero-order chi connectivity index (χ0) is 16.1. The standard InChI is InChI=1S/C18H28N2O2/c1-5-15(6-2)18(21)20-11-9-19(10-12-20)16-13-14(3)7-8-17(16)22-4/h7-8,13,15H,5-6,9-12H2,1-4H3. The van der Waals surface area contributed by atoms with Crippen molar-refractivity contribution in [1.29, 1.82) is 0 Å². The van der Waals surface area contributed by atoms with E-state index in [1.807, 2.05) is 11.0 Å². The van der Waals surface area contributed by atoms with Crippen LogP contribution >= 0.6 is 0 Å². The minimum Gasteiger partial charge on any atom is -0.495 e. The largest absolute Gasteiger partial charge is 0.495 e. The molecule has 1 aromatic carbocycles. The normalized spacial score (nSPS) is 15.3. The summed E-state index contributed by atoms with van der Waals surface area (Å²) in [5.74, 6) is 1.41. The van der Waals surface area contributed by atoms with Crippen molar-refractivity contribution in [3.05, 3.63) is 23.8 Å². The molecule has 0 aromatic heterocycles. The number of hydrogen-bond acceptors (Lipinski definition) is 3. The van der Waals surface area contributed by atoms with E-state index in [0.29, 0.717) is 5.91 Å². The van der Waals surface area contributed by atoms with Crippen LogP contribution in [0.2, 0.25) is 0 Å². The quantitative estimate of drug-likeness (QED) is 0.838. The van der Waals surface area contributed by atoms with Gasteiger partial charge in [0.25, 0.3) is 0 Å². The predicted octanol–water partition coefficient (Wildman–Crippen LogP) is 3.09. The van der Waals surface area contributed by atoms with Crippen molar-refractivity contribution in [1.82, 2.24) is 4.90 Å². The van der Waals surface area contributed by atoms with Crippen LogP contribution in [-0.4, -0.2) is 44.1 Å². The molecule has 0 aliphatic carbocycles. The van der Waals surface area contributed by atoms with Gasteiger partial charge < -0.3 is 14.5 Å². The van der Waals surface area contributed by atoms with E-state index in [-0.39, 0.29) is 5.92 Å². The molecule has 0 N–H and O–H groups in total. The summed E-state index contributed by atoms with van der Waals surface area (Å²) in [5, 5.41) is 0. The smallest absolute Gasteiger partial charge is 0.225 e. The lowest BCUT2D eigenvalue weighted by molar-refractivity contribution is -0.136. The highest BCUT2D eigenvalue weighted by molar-refractivity contribution is 5.79. The summed E-state index contributed by atoms with van der Waals surface area (Å²) >= 11 is 0. The van der Waals surface area contributed by atoms with Crippen molar-refractivity contribution in [2.24, 2.45) is 5.92 Å². The second-order valence-corrected chi connectivity index (χ2v) is 6.00. The van der Waals surface area contributed by atoms with Crippen LogP contribution in [0.5, 0.6) is 5.75 Å². The summed E-state index contributed by atoms with van der Waals surface area (Å²) in [6.45, 7) is 9.62. The van der Waals surface area contributed by atoms with Crippen molar-refractivity contribution in [3.8, 4) is 5.75 Å². The Hall–Kier alpha value is -1.71. The Morgan fingerprint density at radius 2 is 1.82 bits per heavy atom. The third-order valence-corrected chi connectivity index (χ3v) is 4.60. The highest BCUT2D eigenvalue weighted by Crippen LogP contribution is 2.30. The van der Waals surface area contributed by atoms with E-state index in [2.05, 4.69) is 37.8 Å². The van der Waals surface area contributed by atoms with Gasteiger partial charge in [-0.1, -0.05) is 19.9 Å². The van der Waals surface area contributed by atoms with Crippen LogP contribution in [0.15, 0.2) is 18.2 Å². The molecule has 0 saturated carbocycles. The van der Waals surface area contributed by atoms with Crippen LogP contribution in [0.4, 0.5) is 5.69 Å². The van der Waals surface area contributed by atoms with Crippen molar-refractivity contribution in [2.75, 3.05) is 38.2 Å². The Morgan fingerprint density at radius 1 is 1.18 bits per heavy atom. The van der Waals surface area contributed by atoms with Gasteiger partial charge in [-0.05, 0) is 37.5 Å². The Labute approximate surface area is 134 Å². The first-order chi connectivity index (χ1) is 10.6. The van der Waals surface area contributed by atoms with Crippen LogP contribution in [0.25, 0.3) is 0 Å². The average molecular weight is 304 g/mol. The molecule has 122 valence electrons. The number of rotatable bonds is 5. The maximum atomic E-state index is 12.5. The summed E-state index contributed by atoms with van der Waals surface area (Å²) in [6.07, 6.45) is 1.86. The van der Waals surface area contributed by atoms with E-state index in [9.17, 15) is 4.79 Å². The summed E-state index contributed by atoms with van der Waals surface area (Å²) in [4.78, 5) is 16.8. The fourth-order valence-electron chi connectivity index (χ4n) is 3.11. The van der Waals surface area contributed by atoms with Gasteiger partial charge in [-0.3, -0.25) is 4.79 Å². The first kappa shape index (κ1) is 16.7. The molecule has 1 saturated heterocycles. The van der Waals surface area contributed by atoms with Gasteiger partial charge in [0.1, 0.15) is 5.75 Å². The van der Waals surface area contributed by atoms with Crippen LogP contribution in [-0.2, 0) is 4.79 Å². The highest BCUT2D eigenvalue weighted by atomic mass is 16.5. The molecular weight excluding hydrogens is 276 g/mol. The van der Waals surface area contributed by atoms with E-state index >= 15 is 0 Å². The summed E-state index contributed by atoms with van der Waals surface area (Å²) < 4.78 is 5.48. The number of methoxy groups -OCH3 is 1. The van der Waals surface area contributed by atoms with Gasteiger partial charge in [-0.15, -0.1) is 0 Å². The minimum absolute atomic E-state index is 0.181. The summed E-state index contributed by atoms with van der Waals surface area (Å²) in [5.41, 5.74) is 2.36. The second kappa shape index (κ2) is 7.52. The number of benzene rings is 1. The predicted molar refractivity (Wildman–Crippen MR) is 90.6 cm³/mol. The minimum atomic E-state index is 0.181. The monoisotopic (exact) mass is 304 g/mol. The number of aryl methyl sites for hydroxylation is 1. The molecule has 22 heavy (non-hydrogen) atoms. The average Bonchev–Trinajstić information content (AvgIpc) is 2.56. The van der Waals surface area contributed by atoms with Gasteiger partial charge in [0.05, 0.1) is 12.8 Å². The molecule has 2 rings (SSSR count). The van der Waals surface area contributed by atoms with Crippen LogP contribution in [0, 0.1) is 12.8 Å². The van der Waals surface area contributed by atoms with Gasteiger partial charge in [0, 0.05) is 32.1 Å². The Kier molecular flexibility index (Phi) is 5.69. The number of nitrogens with zero attached hydrogens (tertiary/aromatic N) is 2. The van der Waals surface area contributed by atoms with Crippen LogP contribution < -0.4 is 9.64 Å². The lowest BCUT2D eigenvalue weighted by Crippen LogP contribution is -2.50. The first-order valence-electron chi connectivity index (χ1n) is 8.29. The molecule has 1 amide bonds. The Bertz CT molecular complexity index is 504. The number of carbonyl (C=O) groups is 1. The van der Waals surface area contributed by atoms with E-state index in [1.54, 1.807) is 7.11 Å². The molecule has 1 aliphatic rings. The van der Waals surface area contributed by atoms with Gasteiger partial charge in [-0.2, -0.15) is 0 Å². The molecule has 4 heteroatoms. The van der Waals surface area contributed by atoms with Gasteiger partial charge in [0.2, 0.25) is 5.91 Å². The Balaban J connectivity index is 2.03.